The molecule has 3 aromatic carbocycles. The minimum absolute atomic E-state index is 0.00289. The van der Waals surface area contributed by atoms with E-state index in [1.54, 1.807) is 37.3 Å². The number of rotatable bonds is 8. The van der Waals surface area contributed by atoms with E-state index in [-0.39, 0.29) is 23.9 Å². The third kappa shape index (κ3) is 5.95. The van der Waals surface area contributed by atoms with Gasteiger partial charge in [0.1, 0.15) is 6.61 Å². The van der Waals surface area contributed by atoms with E-state index in [1.807, 2.05) is 13.0 Å². The molecule has 0 N–H and O–H groups in total. The molecule has 0 radical (unpaired) electrons. The second kappa shape index (κ2) is 11.3. The lowest BCUT2D eigenvalue weighted by molar-refractivity contribution is -0.385. The highest BCUT2D eigenvalue weighted by atomic mass is 79.9. The highest BCUT2D eigenvalue weighted by Gasteiger charge is 2.27. The number of benzene rings is 3. The molecule has 3 aromatic rings. The number of halogens is 3. The van der Waals surface area contributed by atoms with Crippen molar-refractivity contribution in [3.05, 3.63) is 101 Å². The van der Waals surface area contributed by atoms with Gasteiger partial charge in [0.15, 0.2) is 17.2 Å². The topological polar surface area (TPSA) is 100 Å². The fourth-order valence-electron chi connectivity index (χ4n) is 3.59. The normalized spacial score (nSPS) is 13.9. The highest BCUT2D eigenvalue weighted by molar-refractivity contribution is 9.10. The molecule has 37 heavy (non-hydrogen) atoms. The van der Waals surface area contributed by atoms with E-state index in [9.17, 15) is 14.9 Å². The van der Waals surface area contributed by atoms with E-state index in [1.165, 1.54) is 18.2 Å². The first-order chi connectivity index (χ1) is 17.7. The summed E-state index contributed by atoms with van der Waals surface area (Å²) in [5, 5.41) is 12.2. The Labute approximate surface area is 230 Å². The van der Waals surface area contributed by atoms with Crippen molar-refractivity contribution in [2.75, 3.05) is 6.61 Å². The van der Waals surface area contributed by atoms with Crippen molar-refractivity contribution < 1.29 is 23.9 Å². The van der Waals surface area contributed by atoms with Crippen LogP contribution in [0.3, 0.4) is 0 Å². The van der Waals surface area contributed by atoms with E-state index < -0.39 is 10.9 Å². The van der Waals surface area contributed by atoms with Gasteiger partial charge in [-0.25, -0.2) is 9.79 Å². The number of carbonyl (C=O) groups is 1. The molecule has 0 unspecified atom stereocenters. The standard InChI is InChI=1S/C26H19BrCl2N2O6/c1-3-35-23-12-16(9-18(27)24(23)36-13-15-7-8-19(28)20(29)10-15)11-21-26(32)37-25(30-21)17-5-4-6-22(14(17)2)31(33)34/h4-12H,3,13H2,1-2H3/b21-11-. The first kappa shape index (κ1) is 26.7. The van der Waals surface area contributed by atoms with Crippen molar-refractivity contribution >= 4 is 62.8 Å². The SMILES string of the molecule is CCOc1cc(/C=C2\N=C(c3cccc([N+](=O)[O-])c3C)OC2=O)cc(Br)c1OCc1ccc(Cl)c(Cl)c1. The van der Waals surface area contributed by atoms with Gasteiger partial charge in [-0.1, -0.05) is 35.3 Å². The third-order valence-electron chi connectivity index (χ3n) is 5.36. The molecule has 0 fully saturated rings. The third-order valence-corrected chi connectivity index (χ3v) is 6.68. The molecule has 11 heteroatoms. The molecule has 0 aliphatic carbocycles. The van der Waals surface area contributed by atoms with Crippen molar-refractivity contribution in [2.45, 2.75) is 20.5 Å². The van der Waals surface area contributed by atoms with Gasteiger partial charge in [-0.3, -0.25) is 10.1 Å². The largest absolute Gasteiger partial charge is 0.490 e. The Morgan fingerprint density at radius 2 is 1.92 bits per heavy atom. The van der Waals surface area contributed by atoms with E-state index in [0.717, 1.165) is 5.56 Å². The van der Waals surface area contributed by atoms with Crippen LogP contribution in [0.5, 0.6) is 11.5 Å². The van der Waals surface area contributed by atoms with Crippen LogP contribution in [0.1, 0.15) is 29.2 Å². The van der Waals surface area contributed by atoms with Crippen LogP contribution in [0, 0.1) is 17.0 Å². The quantitative estimate of drug-likeness (QED) is 0.116. The van der Waals surface area contributed by atoms with Gasteiger partial charge in [0.05, 0.1) is 26.0 Å². The van der Waals surface area contributed by atoms with E-state index in [4.69, 9.17) is 37.4 Å². The number of cyclic esters (lactones) is 1. The number of hydrogen-bond acceptors (Lipinski definition) is 7. The number of nitro benzene ring substituents is 1. The van der Waals surface area contributed by atoms with Crippen LogP contribution in [-0.2, 0) is 16.1 Å². The molecule has 8 nitrogen and oxygen atoms in total. The van der Waals surface area contributed by atoms with E-state index in [0.29, 0.717) is 49.3 Å². The molecule has 4 rings (SSSR count). The van der Waals surface area contributed by atoms with Gasteiger partial charge in [-0.15, -0.1) is 0 Å². The minimum atomic E-state index is -0.671. The number of nitrogens with zero attached hydrogens (tertiary/aromatic N) is 2. The highest BCUT2D eigenvalue weighted by Crippen LogP contribution is 2.39. The van der Waals surface area contributed by atoms with Gasteiger partial charge in [-0.2, -0.15) is 0 Å². The van der Waals surface area contributed by atoms with Gasteiger partial charge >= 0.3 is 5.97 Å². The first-order valence-corrected chi connectivity index (χ1v) is 12.5. The predicted molar refractivity (Wildman–Crippen MR) is 145 cm³/mol. The predicted octanol–water partition coefficient (Wildman–Crippen LogP) is 7.29. The van der Waals surface area contributed by atoms with Crippen molar-refractivity contribution in [2.24, 2.45) is 4.99 Å². The Bertz CT molecular complexity index is 1470. The van der Waals surface area contributed by atoms with E-state index in [2.05, 4.69) is 20.9 Å². The molecule has 1 aliphatic heterocycles. The summed E-state index contributed by atoms with van der Waals surface area (Å²) >= 11 is 15.6. The molecule has 0 saturated heterocycles. The first-order valence-electron chi connectivity index (χ1n) is 11.0. The van der Waals surface area contributed by atoms with Crippen LogP contribution in [0.25, 0.3) is 6.08 Å². The second-order valence-corrected chi connectivity index (χ2v) is 9.51. The number of carbonyl (C=O) groups excluding carboxylic acids is 1. The summed E-state index contributed by atoms with van der Waals surface area (Å²) in [6, 6.07) is 13.2. The second-order valence-electron chi connectivity index (χ2n) is 7.84. The molecule has 0 atom stereocenters. The van der Waals surface area contributed by atoms with Crippen molar-refractivity contribution in [3.63, 3.8) is 0 Å². The molecule has 0 spiro atoms. The summed E-state index contributed by atoms with van der Waals surface area (Å²) in [4.78, 5) is 27.6. The summed E-state index contributed by atoms with van der Waals surface area (Å²) < 4.78 is 17.7. The van der Waals surface area contributed by atoms with Gasteiger partial charge < -0.3 is 14.2 Å². The number of aliphatic imine (C=N–C) groups is 1. The van der Waals surface area contributed by atoms with Crippen LogP contribution < -0.4 is 9.47 Å². The molecule has 0 amide bonds. The fraction of sp³-hybridized carbons (Fsp3) is 0.154. The molecule has 1 heterocycles. The number of hydrogen-bond donors (Lipinski definition) is 0. The number of ether oxygens (including phenoxy) is 3. The van der Waals surface area contributed by atoms with Crippen LogP contribution >= 0.6 is 39.1 Å². The Balaban J connectivity index is 1.63. The van der Waals surface area contributed by atoms with Crippen molar-refractivity contribution in [1.29, 1.82) is 0 Å². The molecule has 190 valence electrons. The van der Waals surface area contributed by atoms with Gasteiger partial charge in [0, 0.05) is 17.2 Å². The zero-order chi connectivity index (χ0) is 26.7. The van der Waals surface area contributed by atoms with Gasteiger partial charge in [0.25, 0.3) is 5.69 Å². The maximum Gasteiger partial charge on any atom is 0.363 e. The van der Waals surface area contributed by atoms with Crippen LogP contribution in [0.15, 0.2) is 63.7 Å². The van der Waals surface area contributed by atoms with E-state index >= 15 is 0 Å². The Morgan fingerprint density at radius 1 is 1.14 bits per heavy atom. The average Bonchev–Trinajstić information content (AvgIpc) is 3.20. The fourth-order valence-corrected chi connectivity index (χ4v) is 4.49. The van der Waals surface area contributed by atoms with Crippen LogP contribution in [0.4, 0.5) is 5.69 Å². The van der Waals surface area contributed by atoms with Crippen molar-refractivity contribution in [1.82, 2.24) is 0 Å². The monoisotopic (exact) mass is 604 g/mol. The van der Waals surface area contributed by atoms with Crippen LogP contribution in [-0.4, -0.2) is 23.4 Å². The lowest BCUT2D eigenvalue weighted by Gasteiger charge is -2.15. The summed E-state index contributed by atoms with van der Waals surface area (Å²) in [5.74, 6) is 0.257. The Hall–Kier alpha value is -3.40. The minimum Gasteiger partial charge on any atom is -0.490 e. The molecule has 0 bridgehead atoms. The summed E-state index contributed by atoms with van der Waals surface area (Å²) in [6.07, 6.45) is 1.54. The molecule has 1 aliphatic rings. The maximum absolute atomic E-state index is 12.5. The smallest absolute Gasteiger partial charge is 0.363 e. The zero-order valence-corrected chi connectivity index (χ0v) is 22.7. The summed E-state index contributed by atoms with van der Waals surface area (Å²) in [6.45, 7) is 4.02. The lowest BCUT2D eigenvalue weighted by atomic mass is 10.1. The maximum atomic E-state index is 12.5. The lowest BCUT2D eigenvalue weighted by Crippen LogP contribution is -2.08. The molecular formula is C26H19BrCl2N2O6. The summed E-state index contributed by atoms with van der Waals surface area (Å²) in [5.41, 5.74) is 2.10. The Kier molecular flexibility index (Phi) is 8.16. The van der Waals surface area contributed by atoms with Crippen molar-refractivity contribution in [3.8, 4) is 11.5 Å². The number of esters is 1. The molecule has 0 saturated carbocycles. The number of nitro groups is 1. The Morgan fingerprint density at radius 3 is 2.62 bits per heavy atom. The van der Waals surface area contributed by atoms with Gasteiger partial charge in [0.2, 0.25) is 5.90 Å². The zero-order valence-electron chi connectivity index (χ0n) is 19.6. The van der Waals surface area contributed by atoms with Crippen LogP contribution in [0.2, 0.25) is 10.0 Å². The molecular weight excluding hydrogens is 587 g/mol. The summed E-state index contributed by atoms with van der Waals surface area (Å²) in [7, 11) is 0. The van der Waals surface area contributed by atoms with Gasteiger partial charge in [-0.05, 0) is 77.3 Å². The molecule has 0 aromatic heterocycles. The average molecular weight is 606 g/mol.